The zero-order valence-corrected chi connectivity index (χ0v) is 12.3. The highest BCUT2D eigenvalue weighted by Gasteiger charge is 2.38. The number of aromatic nitrogens is 3. The Labute approximate surface area is 128 Å². The maximum absolute atomic E-state index is 12.2. The molecule has 2 aliphatic rings. The van der Waals surface area contributed by atoms with Crippen molar-refractivity contribution in [3.05, 3.63) is 24.3 Å². The topological polar surface area (TPSA) is 83.9 Å². The second-order valence-electron chi connectivity index (χ2n) is 6.11. The highest BCUT2D eigenvalue weighted by atomic mass is 16.2. The van der Waals surface area contributed by atoms with E-state index in [-0.39, 0.29) is 11.9 Å². The van der Waals surface area contributed by atoms with Crippen molar-refractivity contribution in [3.63, 3.8) is 0 Å². The SMILES string of the molecule is O=C(NCCn1nnc2ccccc21)C1CC(C2CC2)NN1. The van der Waals surface area contributed by atoms with Crippen molar-refractivity contribution in [1.82, 2.24) is 31.2 Å². The summed E-state index contributed by atoms with van der Waals surface area (Å²) in [6.45, 7) is 1.18. The molecular weight excluding hydrogens is 280 g/mol. The number of nitrogens with zero attached hydrogens (tertiary/aromatic N) is 3. The molecule has 0 spiro atoms. The number of hydrazine groups is 1. The van der Waals surface area contributed by atoms with Gasteiger partial charge < -0.3 is 5.32 Å². The third-order valence-electron chi connectivity index (χ3n) is 4.48. The van der Waals surface area contributed by atoms with Crippen molar-refractivity contribution in [3.8, 4) is 0 Å². The summed E-state index contributed by atoms with van der Waals surface area (Å²) in [6, 6.07) is 8.15. The summed E-state index contributed by atoms with van der Waals surface area (Å²) >= 11 is 0. The number of amides is 1. The standard InChI is InChI=1S/C15H20N6O/c22-15(13-9-12(17-18-13)10-5-6-10)16-7-8-21-14-4-2-1-3-11(14)19-20-21/h1-4,10,12-13,17-18H,5-9H2,(H,16,22). The first-order valence-corrected chi connectivity index (χ1v) is 7.88. The lowest BCUT2D eigenvalue weighted by Crippen LogP contribution is -2.44. The lowest BCUT2D eigenvalue weighted by atomic mass is 10.1. The van der Waals surface area contributed by atoms with Crippen molar-refractivity contribution >= 4 is 16.9 Å². The Morgan fingerprint density at radius 1 is 1.32 bits per heavy atom. The van der Waals surface area contributed by atoms with E-state index < -0.39 is 0 Å². The molecule has 0 radical (unpaired) electrons. The molecule has 2 atom stereocenters. The first-order valence-electron chi connectivity index (χ1n) is 7.88. The van der Waals surface area contributed by atoms with Crippen LogP contribution in [0.1, 0.15) is 19.3 Å². The number of carbonyl (C=O) groups excluding carboxylic acids is 1. The van der Waals surface area contributed by atoms with Crippen LogP contribution >= 0.6 is 0 Å². The fourth-order valence-corrected chi connectivity index (χ4v) is 3.05. The second kappa shape index (κ2) is 5.66. The molecule has 1 aliphatic carbocycles. The predicted octanol–water partition coefficient (Wildman–Crippen LogP) is 0.193. The van der Waals surface area contributed by atoms with E-state index in [2.05, 4.69) is 26.5 Å². The van der Waals surface area contributed by atoms with Crippen LogP contribution in [0.25, 0.3) is 11.0 Å². The highest BCUT2D eigenvalue weighted by molar-refractivity contribution is 5.82. The fraction of sp³-hybridized carbons (Fsp3) is 0.533. The zero-order chi connectivity index (χ0) is 14.9. The number of fused-ring (bicyclic) bond motifs is 1. The normalized spacial score (nSPS) is 24.7. The maximum atomic E-state index is 12.2. The van der Waals surface area contributed by atoms with E-state index in [0.717, 1.165) is 23.4 Å². The molecule has 1 aromatic carbocycles. The van der Waals surface area contributed by atoms with Gasteiger partial charge in [0.25, 0.3) is 0 Å². The minimum Gasteiger partial charge on any atom is -0.353 e. The third kappa shape index (κ3) is 2.69. The average molecular weight is 300 g/mol. The summed E-state index contributed by atoms with van der Waals surface area (Å²) in [5, 5.41) is 11.2. The number of para-hydroxylation sites is 1. The van der Waals surface area contributed by atoms with Gasteiger partial charge in [-0.2, -0.15) is 0 Å². The second-order valence-corrected chi connectivity index (χ2v) is 6.11. The van der Waals surface area contributed by atoms with Crippen LogP contribution in [0.2, 0.25) is 0 Å². The van der Waals surface area contributed by atoms with Gasteiger partial charge in [0.15, 0.2) is 0 Å². The predicted molar refractivity (Wildman–Crippen MR) is 81.7 cm³/mol. The van der Waals surface area contributed by atoms with Gasteiger partial charge in [0, 0.05) is 12.6 Å². The van der Waals surface area contributed by atoms with Crippen LogP contribution in [0.3, 0.4) is 0 Å². The minimum absolute atomic E-state index is 0.0556. The van der Waals surface area contributed by atoms with Crippen molar-refractivity contribution < 1.29 is 4.79 Å². The van der Waals surface area contributed by atoms with E-state index in [1.54, 1.807) is 0 Å². The Kier molecular flexibility index (Phi) is 3.51. The molecule has 2 unspecified atom stereocenters. The van der Waals surface area contributed by atoms with Gasteiger partial charge in [-0.3, -0.25) is 10.2 Å². The molecule has 7 nitrogen and oxygen atoms in total. The fourth-order valence-electron chi connectivity index (χ4n) is 3.05. The van der Waals surface area contributed by atoms with E-state index in [1.165, 1.54) is 12.8 Å². The van der Waals surface area contributed by atoms with Gasteiger partial charge in [-0.05, 0) is 37.3 Å². The number of hydrogen-bond acceptors (Lipinski definition) is 5. The van der Waals surface area contributed by atoms with Gasteiger partial charge in [0.1, 0.15) is 11.6 Å². The number of hydrogen-bond donors (Lipinski definition) is 3. The third-order valence-corrected chi connectivity index (χ3v) is 4.48. The lowest BCUT2D eigenvalue weighted by molar-refractivity contribution is -0.122. The molecule has 7 heteroatoms. The molecule has 1 aliphatic heterocycles. The molecule has 2 fully saturated rings. The van der Waals surface area contributed by atoms with E-state index >= 15 is 0 Å². The molecule has 4 rings (SSSR count). The molecule has 1 saturated heterocycles. The van der Waals surface area contributed by atoms with Crippen LogP contribution in [0.15, 0.2) is 24.3 Å². The first-order chi connectivity index (χ1) is 10.8. The van der Waals surface area contributed by atoms with Gasteiger partial charge in [-0.15, -0.1) is 5.10 Å². The van der Waals surface area contributed by atoms with Gasteiger partial charge in [-0.25, -0.2) is 10.1 Å². The van der Waals surface area contributed by atoms with Crippen LogP contribution in [-0.2, 0) is 11.3 Å². The molecule has 2 aromatic rings. The largest absolute Gasteiger partial charge is 0.353 e. The summed E-state index contributed by atoms with van der Waals surface area (Å²) in [4.78, 5) is 12.2. The van der Waals surface area contributed by atoms with Crippen molar-refractivity contribution in [1.29, 1.82) is 0 Å². The molecule has 1 amide bonds. The van der Waals surface area contributed by atoms with Gasteiger partial charge in [0.05, 0.1) is 12.1 Å². The summed E-state index contributed by atoms with van der Waals surface area (Å²) < 4.78 is 1.82. The van der Waals surface area contributed by atoms with Crippen LogP contribution in [-0.4, -0.2) is 39.5 Å². The molecule has 116 valence electrons. The summed E-state index contributed by atoms with van der Waals surface area (Å²) in [5.74, 6) is 0.812. The molecule has 1 aromatic heterocycles. The van der Waals surface area contributed by atoms with E-state index in [1.807, 2.05) is 28.9 Å². The molecule has 22 heavy (non-hydrogen) atoms. The smallest absolute Gasteiger partial charge is 0.238 e. The highest BCUT2D eigenvalue weighted by Crippen LogP contribution is 2.35. The zero-order valence-electron chi connectivity index (χ0n) is 12.3. The number of nitrogens with one attached hydrogen (secondary N) is 3. The molecule has 1 saturated carbocycles. The summed E-state index contributed by atoms with van der Waals surface area (Å²) in [6.07, 6.45) is 3.45. The molecule has 0 bridgehead atoms. The Morgan fingerprint density at radius 2 is 2.18 bits per heavy atom. The Balaban J connectivity index is 1.28. The van der Waals surface area contributed by atoms with Crippen molar-refractivity contribution in [2.24, 2.45) is 5.92 Å². The molecule has 3 N–H and O–H groups in total. The van der Waals surface area contributed by atoms with Crippen LogP contribution in [0, 0.1) is 5.92 Å². The van der Waals surface area contributed by atoms with Crippen LogP contribution in [0.5, 0.6) is 0 Å². The monoisotopic (exact) mass is 300 g/mol. The number of rotatable bonds is 5. The maximum Gasteiger partial charge on any atom is 0.238 e. The molecule has 2 heterocycles. The average Bonchev–Trinajstić information content (AvgIpc) is 3.13. The quantitative estimate of drug-likeness (QED) is 0.734. The van der Waals surface area contributed by atoms with E-state index in [9.17, 15) is 4.79 Å². The minimum atomic E-state index is -0.127. The Bertz CT molecular complexity index is 679. The first kappa shape index (κ1) is 13.7. The lowest BCUT2D eigenvalue weighted by Gasteiger charge is -2.10. The van der Waals surface area contributed by atoms with Gasteiger partial charge in [0.2, 0.25) is 5.91 Å². The van der Waals surface area contributed by atoms with Crippen molar-refractivity contribution in [2.75, 3.05) is 6.54 Å². The van der Waals surface area contributed by atoms with Gasteiger partial charge >= 0.3 is 0 Å². The van der Waals surface area contributed by atoms with Crippen molar-refractivity contribution in [2.45, 2.75) is 37.9 Å². The Hall–Kier alpha value is -1.99. The molecular formula is C15H20N6O. The van der Waals surface area contributed by atoms with E-state index in [0.29, 0.717) is 19.1 Å². The van der Waals surface area contributed by atoms with Crippen LogP contribution < -0.4 is 16.2 Å². The Morgan fingerprint density at radius 3 is 3.05 bits per heavy atom. The van der Waals surface area contributed by atoms with Gasteiger partial charge in [-0.1, -0.05) is 17.3 Å². The van der Waals surface area contributed by atoms with Crippen LogP contribution in [0.4, 0.5) is 0 Å². The summed E-state index contributed by atoms with van der Waals surface area (Å²) in [5.41, 5.74) is 8.21. The van der Waals surface area contributed by atoms with E-state index in [4.69, 9.17) is 0 Å². The number of carbonyl (C=O) groups is 1. The summed E-state index contributed by atoms with van der Waals surface area (Å²) in [7, 11) is 0. The number of benzene rings is 1.